The topological polar surface area (TPSA) is 20.3 Å². The number of benzene rings is 1. The fourth-order valence-electron chi connectivity index (χ4n) is 2.85. The van der Waals surface area contributed by atoms with Crippen LogP contribution in [0.15, 0.2) is 30.3 Å². The molecule has 2 nitrogen and oxygen atoms in total. The third-order valence-corrected chi connectivity index (χ3v) is 4.16. The van der Waals surface area contributed by atoms with Gasteiger partial charge in [-0.1, -0.05) is 52.0 Å². The van der Waals surface area contributed by atoms with E-state index in [1.807, 2.05) is 4.90 Å². The van der Waals surface area contributed by atoms with Crippen LogP contribution in [0.3, 0.4) is 0 Å². The summed E-state index contributed by atoms with van der Waals surface area (Å²) in [5, 5.41) is 0. The van der Waals surface area contributed by atoms with Gasteiger partial charge in [-0.05, 0) is 42.4 Å². The predicted octanol–water partition coefficient (Wildman–Crippen LogP) is 4.75. The molecule has 0 N–H and O–H groups in total. The number of nitrogens with zero attached hydrogens (tertiary/aromatic N) is 1. The van der Waals surface area contributed by atoms with Gasteiger partial charge in [0.1, 0.15) is 0 Å². The van der Waals surface area contributed by atoms with Crippen molar-refractivity contribution in [3.8, 4) is 0 Å². The first-order valence-corrected chi connectivity index (χ1v) is 8.08. The number of amides is 1. The van der Waals surface area contributed by atoms with Crippen LogP contribution in [0.25, 0.3) is 6.08 Å². The van der Waals surface area contributed by atoms with Crippen LogP contribution in [0.1, 0.15) is 46.1 Å². The molecule has 2 heteroatoms. The monoisotopic (exact) mass is 285 g/mol. The van der Waals surface area contributed by atoms with E-state index in [-0.39, 0.29) is 5.92 Å². The Bertz CT molecular complexity index is 499. The minimum Gasteiger partial charge on any atom is -0.312 e. The highest BCUT2D eigenvalue weighted by molar-refractivity contribution is 5.96. The SMILES string of the molecule is CC(C)/C=C/c1ccc(N2CCCC(C(C)C)C2=O)cc1. The second-order valence-corrected chi connectivity index (χ2v) is 6.68. The molecule has 1 unspecified atom stereocenters. The van der Waals surface area contributed by atoms with Crippen molar-refractivity contribution in [3.05, 3.63) is 35.9 Å². The van der Waals surface area contributed by atoms with Crippen LogP contribution < -0.4 is 4.90 Å². The summed E-state index contributed by atoms with van der Waals surface area (Å²) in [6.07, 6.45) is 6.46. The third-order valence-electron chi connectivity index (χ3n) is 4.16. The van der Waals surface area contributed by atoms with E-state index < -0.39 is 0 Å². The minimum absolute atomic E-state index is 0.180. The number of anilines is 1. The van der Waals surface area contributed by atoms with E-state index >= 15 is 0 Å². The molecule has 1 aliphatic heterocycles. The molecule has 1 aliphatic rings. The Morgan fingerprint density at radius 3 is 2.38 bits per heavy atom. The molecule has 0 aromatic heterocycles. The smallest absolute Gasteiger partial charge is 0.230 e. The second-order valence-electron chi connectivity index (χ2n) is 6.68. The molecule has 1 aromatic carbocycles. The molecule has 1 atom stereocenters. The van der Waals surface area contributed by atoms with E-state index in [0.29, 0.717) is 17.7 Å². The van der Waals surface area contributed by atoms with Crippen molar-refractivity contribution in [2.45, 2.75) is 40.5 Å². The van der Waals surface area contributed by atoms with Gasteiger partial charge in [0.25, 0.3) is 0 Å². The molecule has 1 amide bonds. The Kier molecular flexibility index (Phi) is 5.22. The standard InChI is InChI=1S/C19H27NO/c1-14(2)7-8-16-9-11-17(12-10-16)20-13-5-6-18(15(3)4)19(20)21/h7-12,14-15,18H,5-6,13H2,1-4H3/b8-7+. The lowest BCUT2D eigenvalue weighted by Gasteiger charge is -2.34. The van der Waals surface area contributed by atoms with Gasteiger partial charge >= 0.3 is 0 Å². The molecule has 1 aromatic rings. The summed E-state index contributed by atoms with van der Waals surface area (Å²) < 4.78 is 0. The summed E-state index contributed by atoms with van der Waals surface area (Å²) in [4.78, 5) is 14.5. The van der Waals surface area contributed by atoms with Gasteiger partial charge in [0.05, 0.1) is 0 Å². The van der Waals surface area contributed by atoms with Gasteiger partial charge in [0, 0.05) is 18.2 Å². The predicted molar refractivity (Wildman–Crippen MR) is 90.2 cm³/mol. The lowest BCUT2D eigenvalue weighted by Crippen LogP contribution is -2.43. The second kappa shape index (κ2) is 6.93. The van der Waals surface area contributed by atoms with Gasteiger partial charge in [-0.25, -0.2) is 0 Å². The largest absolute Gasteiger partial charge is 0.312 e. The zero-order valence-electron chi connectivity index (χ0n) is 13.7. The lowest BCUT2D eigenvalue weighted by molar-refractivity contribution is -0.125. The van der Waals surface area contributed by atoms with Crippen LogP contribution >= 0.6 is 0 Å². The first-order valence-electron chi connectivity index (χ1n) is 8.08. The fraction of sp³-hybridized carbons (Fsp3) is 0.526. The summed E-state index contributed by atoms with van der Waals surface area (Å²) in [6, 6.07) is 8.34. The molecule has 0 radical (unpaired) electrons. The first-order chi connectivity index (χ1) is 9.99. The van der Waals surface area contributed by atoms with Crippen molar-refractivity contribution in [2.75, 3.05) is 11.4 Å². The lowest BCUT2D eigenvalue weighted by atomic mass is 9.87. The van der Waals surface area contributed by atoms with E-state index in [0.717, 1.165) is 25.1 Å². The highest BCUT2D eigenvalue weighted by atomic mass is 16.2. The summed E-state index contributed by atoms with van der Waals surface area (Å²) in [5.41, 5.74) is 2.23. The van der Waals surface area contributed by atoms with E-state index in [2.05, 4.69) is 64.1 Å². The number of hydrogen-bond acceptors (Lipinski definition) is 1. The van der Waals surface area contributed by atoms with E-state index in [4.69, 9.17) is 0 Å². The highest BCUT2D eigenvalue weighted by Gasteiger charge is 2.31. The van der Waals surface area contributed by atoms with Gasteiger partial charge in [-0.2, -0.15) is 0 Å². The normalized spacial score (nSPS) is 20.0. The number of allylic oxidation sites excluding steroid dienone is 1. The minimum atomic E-state index is 0.180. The van der Waals surface area contributed by atoms with E-state index in [1.165, 1.54) is 5.56 Å². The molecule has 0 spiro atoms. The van der Waals surface area contributed by atoms with Crippen molar-refractivity contribution in [1.29, 1.82) is 0 Å². The van der Waals surface area contributed by atoms with E-state index in [1.54, 1.807) is 0 Å². The number of piperidine rings is 1. The van der Waals surface area contributed by atoms with Crippen LogP contribution in [-0.2, 0) is 4.79 Å². The van der Waals surface area contributed by atoms with Crippen LogP contribution in [0, 0.1) is 17.8 Å². The van der Waals surface area contributed by atoms with Crippen molar-refractivity contribution >= 4 is 17.7 Å². The molecule has 0 saturated carbocycles. The first kappa shape index (κ1) is 15.8. The number of rotatable bonds is 4. The van der Waals surface area contributed by atoms with Gasteiger partial charge in [-0.15, -0.1) is 0 Å². The quantitative estimate of drug-likeness (QED) is 0.781. The maximum absolute atomic E-state index is 12.6. The van der Waals surface area contributed by atoms with Crippen molar-refractivity contribution in [3.63, 3.8) is 0 Å². The average Bonchev–Trinajstić information content (AvgIpc) is 2.45. The van der Waals surface area contributed by atoms with Crippen molar-refractivity contribution < 1.29 is 4.79 Å². The Hall–Kier alpha value is -1.57. The van der Waals surface area contributed by atoms with Crippen LogP contribution in [-0.4, -0.2) is 12.5 Å². The number of hydrogen-bond donors (Lipinski definition) is 0. The molecule has 1 fully saturated rings. The summed E-state index contributed by atoms with van der Waals surface area (Å²) >= 11 is 0. The molecule has 114 valence electrons. The summed E-state index contributed by atoms with van der Waals surface area (Å²) in [7, 11) is 0. The summed E-state index contributed by atoms with van der Waals surface area (Å²) in [5.74, 6) is 1.45. The number of carbonyl (C=O) groups excluding carboxylic acids is 1. The van der Waals surface area contributed by atoms with Gasteiger partial charge < -0.3 is 4.90 Å². The maximum Gasteiger partial charge on any atom is 0.230 e. The molecule has 0 bridgehead atoms. The Morgan fingerprint density at radius 1 is 1.14 bits per heavy atom. The van der Waals surface area contributed by atoms with Crippen molar-refractivity contribution in [1.82, 2.24) is 0 Å². The molecule has 2 rings (SSSR count). The van der Waals surface area contributed by atoms with Crippen LogP contribution in [0.5, 0.6) is 0 Å². The molecular weight excluding hydrogens is 258 g/mol. The van der Waals surface area contributed by atoms with Gasteiger partial charge in [0.2, 0.25) is 5.91 Å². The number of carbonyl (C=O) groups is 1. The highest BCUT2D eigenvalue weighted by Crippen LogP contribution is 2.29. The van der Waals surface area contributed by atoms with Crippen LogP contribution in [0.4, 0.5) is 5.69 Å². The van der Waals surface area contributed by atoms with Crippen LogP contribution in [0.2, 0.25) is 0 Å². The summed E-state index contributed by atoms with van der Waals surface area (Å²) in [6.45, 7) is 9.48. The fourth-order valence-corrected chi connectivity index (χ4v) is 2.85. The van der Waals surface area contributed by atoms with Gasteiger partial charge in [0.15, 0.2) is 0 Å². The Labute approximate surface area is 128 Å². The Balaban J connectivity index is 2.12. The third kappa shape index (κ3) is 3.96. The van der Waals surface area contributed by atoms with E-state index in [9.17, 15) is 4.79 Å². The maximum atomic E-state index is 12.6. The zero-order valence-corrected chi connectivity index (χ0v) is 13.7. The van der Waals surface area contributed by atoms with Gasteiger partial charge in [-0.3, -0.25) is 4.79 Å². The molecule has 1 heterocycles. The van der Waals surface area contributed by atoms with Crippen molar-refractivity contribution in [2.24, 2.45) is 17.8 Å². The zero-order chi connectivity index (χ0) is 15.4. The molecule has 0 aliphatic carbocycles. The average molecular weight is 285 g/mol. The molecular formula is C19H27NO. The molecule has 1 saturated heterocycles. The Morgan fingerprint density at radius 2 is 1.81 bits per heavy atom. The molecule has 21 heavy (non-hydrogen) atoms.